The average molecular weight is 147 g/mol. The first-order valence-electron chi connectivity index (χ1n) is 2.44. The monoisotopic (exact) mass is 146 g/mol. The highest BCUT2D eigenvalue weighted by atomic mass is 35.5. The lowest BCUT2D eigenvalue weighted by Gasteiger charge is -2.00. The Hall–Kier alpha value is -0.680. The molecule has 0 saturated heterocycles. The van der Waals surface area contributed by atoms with Crippen LogP contribution in [-0.4, -0.2) is 17.0 Å². The standard InChI is InChI=1S/C6H7ClO2/c1-2-3-5(4-7)6(8)9/h1,5H,3-4H2,(H,8,9). The van der Waals surface area contributed by atoms with Crippen molar-refractivity contribution in [3.63, 3.8) is 0 Å². The van der Waals surface area contributed by atoms with E-state index < -0.39 is 11.9 Å². The number of aliphatic carboxylic acids is 1. The van der Waals surface area contributed by atoms with Gasteiger partial charge in [0.25, 0.3) is 0 Å². The fourth-order valence-electron chi connectivity index (χ4n) is 0.350. The molecular weight excluding hydrogens is 140 g/mol. The van der Waals surface area contributed by atoms with Crippen LogP contribution in [0.3, 0.4) is 0 Å². The molecule has 0 heterocycles. The van der Waals surface area contributed by atoms with E-state index in [4.69, 9.17) is 23.1 Å². The summed E-state index contributed by atoms with van der Waals surface area (Å²) in [6.45, 7) is 0. The summed E-state index contributed by atoms with van der Waals surface area (Å²) < 4.78 is 0. The van der Waals surface area contributed by atoms with Crippen molar-refractivity contribution in [1.29, 1.82) is 0 Å². The second-order valence-corrected chi connectivity index (χ2v) is 1.91. The summed E-state index contributed by atoms with van der Waals surface area (Å²) in [5.41, 5.74) is 0. The van der Waals surface area contributed by atoms with Gasteiger partial charge in [-0.1, -0.05) is 0 Å². The van der Waals surface area contributed by atoms with E-state index in [0.29, 0.717) is 0 Å². The molecule has 0 amide bonds. The summed E-state index contributed by atoms with van der Waals surface area (Å²) in [7, 11) is 0. The second kappa shape index (κ2) is 4.22. The van der Waals surface area contributed by atoms with Crippen molar-refractivity contribution in [2.24, 2.45) is 5.92 Å². The lowest BCUT2D eigenvalue weighted by atomic mass is 10.1. The minimum atomic E-state index is -0.928. The first-order valence-corrected chi connectivity index (χ1v) is 2.98. The molecular formula is C6H7ClO2. The van der Waals surface area contributed by atoms with Crippen LogP contribution in [0.4, 0.5) is 0 Å². The number of terminal acetylenes is 1. The minimum absolute atomic E-state index is 0.0829. The highest BCUT2D eigenvalue weighted by molar-refractivity contribution is 6.19. The molecule has 1 N–H and O–H groups in total. The van der Waals surface area contributed by atoms with Crippen molar-refractivity contribution in [2.75, 3.05) is 5.88 Å². The number of hydrogen-bond donors (Lipinski definition) is 1. The van der Waals surface area contributed by atoms with E-state index in [0.717, 1.165) is 0 Å². The molecule has 0 aliphatic heterocycles. The van der Waals surface area contributed by atoms with Gasteiger partial charge in [0.15, 0.2) is 0 Å². The molecule has 1 atom stereocenters. The Morgan fingerprint density at radius 3 is 2.56 bits per heavy atom. The predicted octanol–water partition coefficient (Wildman–Crippen LogP) is 0.949. The van der Waals surface area contributed by atoms with Crippen molar-refractivity contribution < 1.29 is 9.90 Å². The van der Waals surface area contributed by atoms with E-state index in [1.54, 1.807) is 0 Å². The van der Waals surface area contributed by atoms with Crippen molar-refractivity contribution in [3.05, 3.63) is 0 Å². The van der Waals surface area contributed by atoms with Crippen LogP contribution in [0.15, 0.2) is 0 Å². The van der Waals surface area contributed by atoms with Gasteiger partial charge in [-0.3, -0.25) is 4.79 Å². The molecule has 0 aliphatic carbocycles. The number of carbonyl (C=O) groups is 1. The summed E-state index contributed by atoms with van der Waals surface area (Å²) in [6, 6.07) is 0. The van der Waals surface area contributed by atoms with Gasteiger partial charge in [0, 0.05) is 12.3 Å². The Bertz CT molecular complexity index is 136. The number of hydrogen-bond acceptors (Lipinski definition) is 1. The van der Waals surface area contributed by atoms with E-state index >= 15 is 0 Å². The van der Waals surface area contributed by atoms with Gasteiger partial charge in [-0.15, -0.1) is 23.9 Å². The van der Waals surface area contributed by atoms with Gasteiger partial charge in [0.2, 0.25) is 0 Å². The molecule has 2 nitrogen and oxygen atoms in total. The first kappa shape index (κ1) is 8.32. The Morgan fingerprint density at radius 2 is 2.44 bits per heavy atom. The molecule has 50 valence electrons. The molecule has 0 aliphatic rings. The number of rotatable bonds is 3. The maximum absolute atomic E-state index is 10.1. The molecule has 0 saturated carbocycles. The topological polar surface area (TPSA) is 37.3 Å². The zero-order valence-corrected chi connectivity index (χ0v) is 5.56. The summed E-state index contributed by atoms with van der Waals surface area (Å²) in [4.78, 5) is 10.1. The van der Waals surface area contributed by atoms with Crippen molar-refractivity contribution in [1.82, 2.24) is 0 Å². The molecule has 0 aromatic carbocycles. The maximum Gasteiger partial charge on any atom is 0.308 e. The number of carboxylic acid groups (broad SMARTS) is 1. The van der Waals surface area contributed by atoms with Gasteiger partial charge in [-0.05, 0) is 0 Å². The Balaban J connectivity index is 3.71. The molecule has 0 spiro atoms. The first-order chi connectivity index (χ1) is 4.22. The van der Waals surface area contributed by atoms with Crippen LogP contribution in [0.25, 0.3) is 0 Å². The van der Waals surface area contributed by atoms with Crippen LogP contribution >= 0.6 is 11.6 Å². The Kier molecular flexibility index (Phi) is 3.90. The maximum atomic E-state index is 10.1. The van der Waals surface area contributed by atoms with Gasteiger partial charge < -0.3 is 5.11 Å². The Morgan fingerprint density at radius 1 is 1.89 bits per heavy atom. The lowest BCUT2D eigenvalue weighted by molar-refractivity contribution is -0.140. The van der Waals surface area contributed by atoms with Gasteiger partial charge in [-0.25, -0.2) is 0 Å². The van der Waals surface area contributed by atoms with Gasteiger partial charge in [0.05, 0.1) is 5.92 Å². The fourth-order valence-corrected chi connectivity index (χ4v) is 0.591. The highest BCUT2D eigenvalue weighted by Gasteiger charge is 2.13. The molecule has 0 rings (SSSR count). The normalized spacial score (nSPS) is 12.0. The molecule has 1 unspecified atom stereocenters. The van der Waals surface area contributed by atoms with Crippen molar-refractivity contribution in [2.45, 2.75) is 6.42 Å². The third-order valence-corrected chi connectivity index (χ3v) is 1.27. The third-order valence-electron chi connectivity index (χ3n) is 0.900. The van der Waals surface area contributed by atoms with Crippen LogP contribution in [0.2, 0.25) is 0 Å². The molecule has 9 heavy (non-hydrogen) atoms. The van der Waals surface area contributed by atoms with Crippen molar-refractivity contribution in [3.8, 4) is 12.3 Å². The summed E-state index contributed by atoms with van der Waals surface area (Å²) in [5.74, 6) is 0.803. The van der Waals surface area contributed by atoms with Crippen LogP contribution in [0, 0.1) is 18.3 Å². The smallest absolute Gasteiger partial charge is 0.308 e. The highest BCUT2D eigenvalue weighted by Crippen LogP contribution is 2.03. The summed E-state index contributed by atoms with van der Waals surface area (Å²) >= 11 is 5.26. The molecule has 0 fully saturated rings. The summed E-state index contributed by atoms with van der Waals surface area (Å²) in [5, 5.41) is 8.32. The number of carboxylic acids is 1. The van der Waals surface area contributed by atoms with E-state index in [2.05, 4.69) is 5.92 Å². The number of halogens is 1. The minimum Gasteiger partial charge on any atom is -0.481 e. The van der Waals surface area contributed by atoms with Gasteiger partial charge >= 0.3 is 5.97 Å². The third kappa shape index (κ3) is 2.99. The zero-order chi connectivity index (χ0) is 7.28. The van der Waals surface area contributed by atoms with Crippen molar-refractivity contribution >= 4 is 17.6 Å². The number of alkyl halides is 1. The predicted molar refractivity (Wildman–Crippen MR) is 35.3 cm³/mol. The van der Waals surface area contributed by atoms with Gasteiger partial charge in [0.1, 0.15) is 0 Å². The summed E-state index contributed by atoms with van der Waals surface area (Å²) in [6.07, 6.45) is 5.08. The molecule has 0 aromatic heterocycles. The van der Waals surface area contributed by atoms with Crippen LogP contribution in [-0.2, 0) is 4.79 Å². The van der Waals surface area contributed by atoms with E-state index in [1.807, 2.05) is 0 Å². The van der Waals surface area contributed by atoms with Crippen LogP contribution in [0.1, 0.15) is 6.42 Å². The fraction of sp³-hybridized carbons (Fsp3) is 0.500. The molecule has 0 bridgehead atoms. The molecule has 0 radical (unpaired) electrons. The lowest BCUT2D eigenvalue weighted by Crippen LogP contribution is -2.14. The second-order valence-electron chi connectivity index (χ2n) is 1.60. The largest absolute Gasteiger partial charge is 0.481 e. The Labute approximate surface area is 58.8 Å². The SMILES string of the molecule is C#CCC(CCl)C(=O)O. The van der Waals surface area contributed by atoms with Crippen LogP contribution < -0.4 is 0 Å². The average Bonchev–Trinajstić information content (AvgIpc) is 1.82. The quantitative estimate of drug-likeness (QED) is 0.476. The van der Waals surface area contributed by atoms with Gasteiger partial charge in [-0.2, -0.15) is 0 Å². The van der Waals surface area contributed by atoms with E-state index in [1.165, 1.54) is 0 Å². The van der Waals surface area contributed by atoms with Crippen LogP contribution in [0.5, 0.6) is 0 Å². The molecule has 0 aromatic rings. The van der Waals surface area contributed by atoms with E-state index in [9.17, 15) is 4.79 Å². The zero-order valence-electron chi connectivity index (χ0n) is 4.80. The van der Waals surface area contributed by atoms with E-state index in [-0.39, 0.29) is 12.3 Å². The molecule has 3 heteroatoms.